The molecule has 12 heavy (non-hydrogen) atoms. The summed E-state index contributed by atoms with van der Waals surface area (Å²) in [5.74, 6) is 1.52. The molecule has 1 rings (SSSR count). The summed E-state index contributed by atoms with van der Waals surface area (Å²) < 4.78 is 0. The highest BCUT2D eigenvalue weighted by Crippen LogP contribution is 2.38. The van der Waals surface area contributed by atoms with Gasteiger partial charge in [-0.1, -0.05) is 27.7 Å². The van der Waals surface area contributed by atoms with Gasteiger partial charge >= 0.3 is 0 Å². The van der Waals surface area contributed by atoms with E-state index in [9.17, 15) is 4.79 Å². The van der Waals surface area contributed by atoms with Crippen molar-refractivity contribution in [2.24, 2.45) is 17.3 Å². The maximum absolute atomic E-state index is 11.3. The lowest BCUT2D eigenvalue weighted by Crippen LogP contribution is -2.30. The molecular weight excluding hydrogens is 148 g/mol. The van der Waals surface area contributed by atoms with Crippen LogP contribution in [0.5, 0.6) is 0 Å². The smallest absolute Gasteiger partial charge is 0.135 e. The predicted octanol–water partition coefficient (Wildman–Crippen LogP) is 3.04. The van der Waals surface area contributed by atoms with Crippen LogP contribution in [-0.2, 0) is 4.79 Å². The first-order chi connectivity index (χ1) is 5.41. The van der Waals surface area contributed by atoms with Gasteiger partial charge in [-0.15, -0.1) is 0 Å². The zero-order valence-electron chi connectivity index (χ0n) is 8.68. The number of Topliss-reactive ketones (excluding diaryl/α,β-unsaturated/α-hetero) is 1. The van der Waals surface area contributed by atoms with E-state index in [1.54, 1.807) is 0 Å². The third-order valence-corrected chi connectivity index (χ3v) is 3.15. The molecule has 2 atom stereocenters. The van der Waals surface area contributed by atoms with Crippen LogP contribution < -0.4 is 0 Å². The highest BCUT2D eigenvalue weighted by atomic mass is 16.1. The van der Waals surface area contributed by atoms with Gasteiger partial charge in [-0.3, -0.25) is 4.79 Å². The molecule has 1 fully saturated rings. The fraction of sp³-hybridized carbons (Fsp3) is 0.909. The number of hydrogen-bond donors (Lipinski definition) is 0. The van der Waals surface area contributed by atoms with Crippen LogP contribution in [0.3, 0.4) is 0 Å². The quantitative estimate of drug-likeness (QED) is 0.543. The van der Waals surface area contributed by atoms with Crippen molar-refractivity contribution in [1.29, 1.82) is 0 Å². The average Bonchev–Trinajstić information content (AvgIpc) is 1.92. The number of hydrogen-bond acceptors (Lipinski definition) is 1. The van der Waals surface area contributed by atoms with E-state index in [0.717, 1.165) is 25.2 Å². The average molecular weight is 168 g/mol. The van der Waals surface area contributed by atoms with E-state index >= 15 is 0 Å². The van der Waals surface area contributed by atoms with Crippen LogP contribution in [0, 0.1) is 17.3 Å². The monoisotopic (exact) mass is 168 g/mol. The van der Waals surface area contributed by atoms with Crippen molar-refractivity contribution in [3.8, 4) is 0 Å². The van der Waals surface area contributed by atoms with Crippen LogP contribution >= 0.6 is 0 Å². The topological polar surface area (TPSA) is 17.1 Å². The van der Waals surface area contributed by atoms with Crippen LogP contribution in [-0.4, -0.2) is 5.78 Å². The van der Waals surface area contributed by atoms with Gasteiger partial charge < -0.3 is 0 Å². The molecule has 70 valence electrons. The molecule has 0 bridgehead atoms. The Morgan fingerprint density at radius 2 is 1.92 bits per heavy atom. The molecule has 1 saturated carbocycles. The molecular formula is C11H20O. The lowest BCUT2D eigenvalue weighted by Gasteiger charge is -2.35. The predicted molar refractivity (Wildman–Crippen MR) is 51.0 cm³/mol. The largest absolute Gasteiger partial charge is 0.299 e. The summed E-state index contributed by atoms with van der Waals surface area (Å²) in [5, 5.41) is 0. The molecule has 0 heterocycles. The van der Waals surface area contributed by atoms with Gasteiger partial charge in [-0.25, -0.2) is 0 Å². The van der Waals surface area contributed by atoms with E-state index in [1.165, 1.54) is 0 Å². The molecule has 1 aliphatic carbocycles. The van der Waals surface area contributed by atoms with Crippen LogP contribution in [0.1, 0.15) is 47.0 Å². The van der Waals surface area contributed by atoms with Crippen LogP contribution in [0.2, 0.25) is 0 Å². The van der Waals surface area contributed by atoms with Crippen molar-refractivity contribution >= 4 is 5.78 Å². The van der Waals surface area contributed by atoms with Gasteiger partial charge in [0.15, 0.2) is 0 Å². The van der Waals surface area contributed by atoms with Crippen LogP contribution in [0.4, 0.5) is 0 Å². The third kappa shape index (κ3) is 2.09. The van der Waals surface area contributed by atoms with Gasteiger partial charge in [0.05, 0.1) is 0 Å². The summed E-state index contributed by atoms with van der Waals surface area (Å²) in [6.07, 6.45) is 3.01. The number of rotatable bonds is 0. The first-order valence-electron chi connectivity index (χ1n) is 4.94. The fourth-order valence-corrected chi connectivity index (χ4v) is 2.03. The fourth-order valence-electron chi connectivity index (χ4n) is 2.03. The summed E-state index contributed by atoms with van der Waals surface area (Å²) >= 11 is 0. The second-order valence-electron chi connectivity index (χ2n) is 5.20. The molecule has 0 aliphatic heterocycles. The minimum absolute atomic E-state index is 0.308. The molecule has 1 heteroatoms. The molecule has 0 N–H and O–H groups in total. The van der Waals surface area contributed by atoms with E-state index in [4.69, 9.17) is 0 Å². The Morgan fingerprint density at radius 1 is 1.33 bits per heavy atom. The molecule has 0 saturated heterocycles. The molecule has 0 aromatic heterocycles. The Kier molecular flexibility index (Phi) is 2.60. The van der Waals surface area contributed by atoms with Gasteiger partial charge in [0.1, 0.15) is 5.78 Å². The zero-order valence-corrected chi connectivity index (χ0v) is 8.68. The lowest BCUT2D eigenvalue weighted by molar-refractivity contribution is -0.125. The minimum atomic E-state index is 0.308. The highest BCUT2D eigenvalue weighted by molar-refractivity contribution is 5.81. The van der Waals surface area contributed by atoms with Gasteiger partial charge in [0.25, 0.3) is 0 Å². The van der Waals surface area contributed by atoms with Crippen molar-refractivity contribution in [3.05, 3.63) is 0 Å². The Bertz CT molecular complexity index is 176. The zero-order chi connectivity index (χ0) is 9.35. The van der Waals surface area contributed by atoms with Crippen molar-refractivity contribution in [3.63, 3.8) is 0 Å². The standard InChI is InChI=1S/C11H20O/c1-8-7-9(11(2,3)4)5-6-10(8)12/h8-9H,5-7H2,1-4H3/t8-,9-/m1/s1. The molecule has 0 aromatic rings. The van der Waals surface area contributed by atoms with Crippen LogP contribution in [0.15, 0.2) is 0 Å². The summed E-state index contributed by atoms with van der Waals surface area (Å²) in [5.41, 5.74) is 0.384. The molecule has 0 spiro atoms. The summed E-state index contributed by atoms with van der Waals surface area (Å²) in [6, 6.07) is 0. The summed E-state index contributed by atoms with van der Waals surface area (Å²) in [6.45, 7) is 8.90. The Morgan fingerprint density at radius 3 is 2.33 bits per heavy atom. The van der Waals surface area contributed by atoms with E-state index in [-0.39, 0.29) is 0 Å². The van der Waals surface area contributed by atoms with E-state index < -0.39 is 0 Å². The van der Waals surface area contributed by atoms with Crippen molar-refractivity contribution in [2.45, 2.75) is 47.0 Å². The van der Waals surface area contributed by atoms with Gasteiger partial charge in [0, 0.05) is 12.3 Å². The molecule has 0 amide bonds. The van der Waals surface area contributed by atoms with Gasteiger partial charge in [-0.2, -0.15) is 0 Å². The number of ketones is 1. The Labute approximate surface area is 75.5 Å². The first kappa shape index (κ1) is 9.76. The van der Waals surface area contributed by atoms with Gasteiger partial charge in [-0.05, 0) is 24.2 Å². The SMILES string of the molecule is C[C@@H]1C[C@H](C(C)(C)C)CCC1=O. The van der Waals surface area contributed by atoms with Gasteiger partial charge in [0.2, 0.25) is 0 Å². The number of carbonyl (C=O) groups excluding carboxylic acids is 1. The van der Waals surface area contributed by atoms with E-state index in [1.807, 2.05) is 0 Å². The molecule has 1 aliphatic rings. The van der Waals surface area contributed by atoms with Crippen LogP contribution in [0.25, 0.3) is 0 Å². The Hall–Kier alpha value is -0.330. The third-order valence-electron chi connectivity index (χ3n) is 3.15. The summed E-state index contributed by atoms with van der Waals surface area (Å²) in [4.78, 5) is 11.3. The normalized spacial score (nSPS) is 32.2. The highest BCUT2D eigenvalue weighted by Gasteiger charge is 2.32. The lowest BCUT2D eigenvalue weighted by atomic mass is 9.69. The van der Waals surface area contributed by atoms with E-state index in [2.05, 4.69) is 27.7 Å². The van der Waals surface area contributed by atoms with Crippen molar-refractivity contribution in [1.82, 2.24) is 0 Å². The number of carbonyl (C=O) groups is 1. The summed E-state index contributed by atoms with van der Waals surface area (Å²) in [7, 11) is 0. The molecule has 0 radical (unpaired) electrons. The molecule has 0 aromatic carbocycles. The molecule has 1 nitrogen and oxygen atoms in total. The second kappa shape index (κ2) is 3.20. The van der Waals surface area contributed by atoms with E-state index in [0.29, 0.717) is 17.1 Å². The maximum atomic E-state index is 11.3. The Balaban J connectivity index is 2.57. The minimum Gasteiger partial charge on any atom is -0.299 e. The van der Waals surface area contributed by atoms with Crippen molar-refractivity contribution in [2.75, 3.05) is 0 Å². The molecule has 0 unspecified atom stereocenters. The maximum Gasteiger partial charge on any atom is 0.135 e. The second-order valence-corrected chi connectivity index (χ2v) is 5.20. The first-order valence-corrected chi connectivity index (χ1v) is 4.94. The van der Waals surface area contributed by atoms with Crippen molar-refractivity contribution < 1.29 is 4.79 Å².